The first-order valence-corrected chi connectivity index (χ1v) is 13.4. The molecule has 3 aromatic rings. The molecule has 16 heteroatoms. The molecule has 6 unspecified atom stereocenters. The molecule has 10 atom stereocenters. The zero-order valence-corrected chi connectivity index (χ0v) is 23.3. The van der Waals surface area contributed by atoms with Crippen molar-refractivity contribution in [3.63, 3.8) is 0 Å². The van der Waals surface area contributed by atoms with E-state index < -0.39 is 96.1 Å². The second-order valence-corrected chi connectivity index (χ2v) is 10.4. The van der Waals surface area contributed by atoms with Crippen LogP contribution in [0.1, 0.15) is 6.92 Å². The SMILES string of the molecule is COc1ccc(-c2oc3cc(O)cc(O)c3c(=O)c2O[C@@H]2OC(CO)[C@@H](O)C(O)C2O[C@@H]2OC(C)[C@H](O)C(O)C2O)cc1O. The molecule has 2 aliphatic rings. The van der Waals surface area contributed by atoms with Gasteiger partial charge in [0.15, 0.2) is 29.7 Å². The maximum Gasteiger partial charge on any atom is 0.239 e. The summed E-state index contributed by atoms with van der Waals surface area (Å²) in [5.41, 5.74) is -1.23. The lowest BCUT2D eigenvalue weighted by Gasteiger charge is -2.45. The lowest BCUT2D eigenvalue weighted by atomic mass is 9.97. The minimum absolute atomic E-state index is 0.0460. The standard InChI is InChI=1S/C28H32O16/c1-9-18(33)21(36)23(38)27(40-9)44-26-22(37)19(34)16(8-29)42-28(26)43-25-20(35)17-13(32)6-11(30)7-15(17)41-24(25)10-3-4-14(39-2)12(31)5-10/h3-7,9,16,18-19,21-23,26-34,36-38H,8H2,1-2H3/t9?,16?,18-,19+,21?,22?,23?,26?,27-,28-/m0/s1. The van der Waals surface area contributed by atoms with E-state index in [2.05, 4.69) is 0 Å². The van der Waals surface area contributed by atoms with Gasteiger partial charge in [0.2, 0.25) is 17.5 Å². The van der Waals surface area contributed by atoms with Crippen LogP contribution in [-0.4, -0.2) is 121 Å². The van der Waals surface area contributed by atoms with E-state index >= 15 is 0 Å². The fraction of sp³-hybridized carbons (Fsp3) is 0.464. The summed E-state index contributed by atoms with van der Waals surface area (Å²) in [6.45, 7) is 0.566. The summed E-state index contributed by atoms with van der Waals surface area (Å²) >= 11 is 0. The number of aliphatic hydroxyl groups excluding tert-OH is 6. The molecule has 0 spiro atoms. The van der Waals surface area contributed by atoms with Crippen molar-refractivity contribution in [3.05, 3.63) is 40.6 Å². The Balaban J connectivity index is 1.62. The number of benzene rings is 2. The van der Waals surface area contributed by atoms with E-state index in [1.807, 2.05) is 0 Å². The van der Waals surface area contributed by atoms with Crippen LogP contribution in [-0.2, 0) is 14.2 Å². The van der Waals surface area contributed by atoms with Gasteiger partial charge in [-0.15, -0.1) is 0 Å². The predicted octanol–water partition coefficient (Wildman–Crippen LogP) is -1.38. The third-order valence-corrected chi connectivity index (χ3v) is 7.52. The van der Waals surface area contributed by atoms with Crippen molar-refractivity contribution in [2.24, 2.45) is 0 Å². The number of phenols is 3. The number of rotatable bonds is 7. The highest BCUT2D eigenvalue weighted by atomic mass is 16.8. The summed E-state index contributed by atoms with van der Waals surface area (Å²) in [6, 6.07) is 5.86. The van der Waals surface area contributed by atoms with Crippen molar-refractivity contribution in [1.29, 1.82) is 0 Å². The Labute approximate surface area is 248 Å². The van der Waals surface area contributed by atoms with E-state index in [1.165, 1.54) is 32.2 Å². The van der Waals surface area contributed by atoms with Gasteiger partial charge in [0, 0.05) is 17.7 Å². The first-order valence-electron chi connectivity index (χ1n) is 13.4. The smallest absolute Gasteiger partial charge is 0.239 e. The lowest BCUT2D eigenvalue weighted by molar-refractivity contribution is -0.354. The maximum atomic E-state index is 13.8. The van der Waals surface area contributed by atoms with Gasteiger partial charge in [0.1, 0.15) is 59.1 Å². The topological polar surface area (TPSA) is 258 Å². The minimum atomic E-state index is -1.90. The summed E-state index contributed by atoms with van der Waals surface area (Å²) in [7, 11) is 1.32. The Morgan fingerprint density at radius 2 is 1.57 bits per heavy atom. The molecule has 0 amide bonds. The van der Waals surface area contributed by atoms with Crippen molar-refractivity contribution >= 4 is 11.0 Å². The largest absolute Gasteiger partial charge is 0.508 e. The number of aliphatic hydroxyl groups is 6. The van der Waals surface area contributed by atoms with Gasteiger partial charge in [0.25, 0.3) is 0 Å². The number of aromatic hydroxyl groups is 3. The van der Waals surface area contributed by atoms with Gasteiger partial charge in [-0.2, -0.15) is 0 Å². The first-order chi connectivity index (χ1) is 20.9. The monoisotopic (exact) mass is 624 g/mol. The molecular weight excluding hydrogens is 592 g/mol. The molecule has 5 rings (SSSR count). The Morgan fingerprint density at radius 1 is 0.841 bits per heavy atom. The Bertz CT molecular complexity index is 1560. The Morgan fingerprint density at radius 3 is 2.23 bits per heavy atom. The summed E-state index contributed by atoms with van der Waals surface area (Å²) in [5, 5.41) is 92.5. The van der Waals surface area contributed by atoms with Crippen molar-refractivity contribution < 1.29 is 74.1 Å². The zero-order chi connectivity index (χ0) is 32.0. The maximum absolute atomic E-state index is 13.8. The van der Waals surface area contributed by atoms with Gasteiger partial charge >= 0.3 is 0 Å². The summed E-state index contributed by atoms with van der Waals surface area (Å²) < 4.78 is 33.6. The molecule has 16 nitrogen and oxygen atoms in total. The molecule has 2 aliphatic heterocycles. The Hall–Kier alpha value is -3.71. The van der Waals surface area contributed by atoms with Crippen LogP contribution in [0.5, 0.6) is 28.7 Å². The summed E-state index contributed by atoms with van der Waals surface area (Å²) in [4.78, 5) is 13.8. The third-order valence-electron chi connectivity index (χ3n) is 7.52. The predicted molar refractivity (Wildman–Crippen MR) is 145 cm³/mol. The van der Waals surface area contributed by atoms with Gasteiger partial charge in [0.05, 0.1) is 19.8 Å². The molecule has 2 saturated heterocycles. The molecule has 0 saturated carbocycles. The van der Waals surface area contributed by atoms with Gasteiger partial charge in [-0.1, -0.05) is 0 Å². The summed E-state index contributed by atoms with van der Waals surface area (Å²) in [6.07, 6.45) is -16.5. The number of hydrogen-bond donors (Lipinski definition) is 9. The normalized spacial score (nSPS) is 32.5. The molecule has 44 heavy (non-hydrogen) atoms. The van der Waals surface area contributed by atoms with Crippen LogP contribution < -0.4 is 14.9 Å². The van der Waals surface area contributed by atoms with Crippen LogP contribution >= 0.6 is 0 Å². The fourth-order valence-corrected chi connectivity index (χ4v) is 5.09. The number of methoxy groups -OCH3 is 1. The van der Waals surface area contributed by atoms with Gasteiger partial charge in [-0.3, -0.25) is 4.79 Å². The van der Waals surface area contributed by atoms with Crippen molar-refractivity contribution in [2.75, 3.05) is 13.7 Å². The van der Waals surface area contributed by atoms with Crippen LogP contribution in [0.4, 0.5) is 0 Å². The van der Waals surface area contributed by atoms with Crippen LogP contribution in [0, 0.1) is 0 Å². The average Bonchev–Trinajstić information content (AvgIpc) is 2.98. The number of hydrogen-bond acceptors (Lipinski definition) is 16. The average molecular weight is 625 g/mol. The molecule has 0 radical (unpaired) electrons. The second kappa shape index (κ2) is 12.4. The van der Waals surface area contributed by atoms with Gasteiger partial charge < -0.3 is 74.1 Å². The Kier molecular flexibility index (Phi) is 8.90. The lowest BCUT2D eigenvalue weighted by Crippen LogP contribution is -2.64. The van der Waals surface area contributed by atoms with E-state index in [0.29, 0.717) is 0 Å². The second-order valence-electron chi connectivity index (χ2n) is 10.4. The number of phenolic OH excluding ortho intramolecular Hbond substituents is 3. The first kappa shape index (κ1) is 31.7. The van der Waals surface area contributed by atoms with Crippen LogP contribution in [0.2, 0.25) is 0 Å². The number of fused-ring (bicyclic) bond motifs is 1. The van der Waals surface area contributed by atoms with Gasteiger partial charge in [-0.05, 0) is 25.1 Å². The molecule has 1 aromatic heterocycles. The van der Waals surface area contributed by atoms with Crippen molar-refractivity contribution in [3.8, 4) is 40.1 Å². The van der Waals surface area contributed by atoms with Crippen molar-refractivity contribution in [1.82, 2.24) is 0 Å². The van der Waals surface area contributed by atoms with Crippen LogP contribution in [0.25, 0.3) is 22.3 Å². The van der Waals surface area contributed by atoms with Gasteiger partial charge in [-0.25, -0.2) is 0 Å². The summed E-state index contributed by atoms with van der Waals surface area (Å²) in [5.74, 6) is -2.40. The van der Waals surface area contributed by atoms with Crippen LogP contribution in [0.3, 0.4) is 0 Å². The fourth-order valence-electron chi connectivity index (χ4n) is 5.09. The number of ether oxygens (including phenoxy) is 5. The van der Waals surface area contributed by atoms with E-state index in [1.54, 1.807) is 0 Å². The molecule has 9 N–H and O–H groups in total. The third kappa shape index (κ3) is 5.63. The van der Waals surface area contributed by atoms with E-state index in [9.17, 15) is 50.8 Å². The van der Waals surface area contributed by atoms with Crippen LogP contribution in [0.15, 0.2) is 39.5 Å². The quantitative estimate of drug-likeness (QED) is 0.147. The molecule has 2 aromatic carbocycles. The van der Waals surface area contributed by atoms with Crippen molar-refractivity contribution in [2.45, 2.75) is 68.3 Å². The molecule has 3 heterocycles. The van der Waals surface area contributed by atoms with E-state index in [-0.39, 0.29) is 28.4 Å². The molecule has 0 aliphatic carbocycles. The highest BCUT2D eigenvalue weighted by Gasteiger charge is 2.51. The molecular formula is C28H32O16. The minimum Gasteiger partial charge on any atom is -0.508 e. The van der Waals surface area contributed by atoms with E-state index in [0.717, 1.165) is 12.1 Å². The molecule has 240 valence electrons. The van der Waals surface area contributed by atoms with E-state index in [4.69, 9.17) is 28.1 Å². The molecule has 0 bridgehead atoms. The zero-order valence-electron chi connectivity index (χ0n) is 23.3. The highest BCUT2D eigenvalue weighted by molar-refractivity contribution is 5.88. The highest BCUT2D eigenvalue weighted by Crippen LogP contribution is 2.40. The molecule has 2 fully saturated rings.